The molecule has 0 unspecified atom stereocenters. The zero-order chi connectivity index (χ0) is 13.8. The highest BCUT2D eigenvalue weighted by atomic mass is 32.2. The molecule has 1 aromatic carbocycles. The van der Waals surface area contributed by atoms with Crippen LogP contribution < -0.4 is 0 Å². The van der Waals surface area contributed by atoms with E-state index < -0.39 is 15.9 Å². The average Bonchev–Trinajstić information content (AvgIpc) is 2.25. The fraction of sp³-hybridized carbons (Fsp3) is 0.462. The molecule has 0 atom stereocenters. The van der Waals surface area contributed by atoms with E-state index in [0.717, 1.165) is 12.0 Å². The van der Waals surface area contributed by atoms with Crippen molar-refractivity contribution in [2.24, 2.45) is 5.92 Å². The normalized spacial score (nSPS) is 11.8. The summed E-state index contributed by atoms with van der Waals surface area (Å²) in [6.07, 6.45) is 0.752. The maximum absolute atomic E-state index is 11.6. The monoisotopic (exact) mass is 270 g/mol. The Balaban J connectivity index is 2.65. The molecule has 100 valence electrons. The quantitative estimate of drug-likeness (QED) is 0.636. The second-order valence-corrected chi connectivity index (χ2v) is 6.33. The van der Waals surface area contributed by atoms with Crippen molar-refractivity contribution < 1.29 is 17.8 Å². The van der Waals surface area contributed by atoms with Gasteiger partial charge in [-0.05, 0) is 17.9 Å². The van der Waals surface area contributed by atoms with Crippen LogP contribution in [0.25, 0.3) is 0 Å². The Bertz CT molecular complexity index is 500. The Hall–Kier alpha value is -1.20. The number of Topliss-reactive ketones (excluding diaryl/α,β-unsaturated/α-hetero) is 1. The zero-order valence-electron chi connectivity index (χ0n) is 10.6. The summed E-state index contributed by atoms with van der Waals surface area (Å²) < 4.78 is 29.7. The summed E-state index contributed by atoms with van der Waals surface area (Å²) in [5.41, 5.74) is 1.63. The van der Waals surface area contributed by atoms with Crippen LogP contribution in [-0.2, 0) is 16.5 Å². The Labute approximate surface area is 108 Å². The molecule has 0 bridgehead atoms. The number of hydrogen-bond acceptors (Lipinski definition) is 3. The van der Waals surface area contributed by atoms with Crippen LogP contribution in [-0.4, -0.2) is 24.5 Å². The molecule has 0 radical (unpaired) electrons. The van der Waals surface area contributed by atoms with Crippen LogP contribution in [0.5, 0.6) is 0 Å². The van der Waals surface area contributed by atoms with E-state index in [9.17, 15) is 13.2 Å². The lowest BCUT2D eigenvalue weighted by Crippen LogP contribution is -2.10. The number of ketones is 1. The van der Waals surface area contributed by atoms with E-state index in [0.29, 0.717) is 11.5 Å². The molecule has 5 heteroatoms. The third-order valence-corrected chi connectivity index (χ3v) is 3.23. The molecule has 1 N–H and O–H groups in total. The smallest absolute Gasteiger partial charge is 0.265 e. The number of carbonyl (C=O) groups excluding carboxylic acids is 1. The van der Waals surface area contributed by atoms with E-state index in [2.05, 4.69) is 13.8 Å². The molecule has 0 fully saturated rings. The molecule has 0 saturated heterocycles. The van der Waals surface area contributed by atoms with Crippen molar-refractivity contribution in [3.8, 4) is 0 Å². The van der Waals surface area contributed by atoms with E-state index in [1.807, 2.05) is 12.1 Å². The largest absolute Gasteiger partial charge is 0.294 e. The number of carbonyl (C=O) groups is 1. The summed E-state index contributed by atoms with van der Waals surface area (Å²) in [6, 6.07) is 7.15. The molecule has 1 rings (SSSR count). The molecule has 0 amide bonds. The summed E-state index contributed by atoms with van der Waals surface area (Å²) in [6.45, 7) is 4.23. The first kappa shape index (κ1) is 14.9. The van der Waals surface area contributed by atoms with E-state index in [-0.39, 0.29) is 12.2 Å². The van der Waals surface area contributed by atoms with Gasteiger partial charge in [-0.2, -0.15) is 8.42 Å². The van der Waals surface area contributed by atoms with Gasteiger partial charge >= 0.3 is 0 Å². The molecular formula is C13H18O4S. The van der Waals surface area contributed by atoms with Gasteiger partial charge in [-0.3, -0.25) is 9.35 Å². The van der Waals surface area contributed by atoms with E-state index >= 15 is 0 Å². The van der Waals surface area contributed by atoms with Gasteiger partial charge < -0.3 is 0 Å². The van der Waals surface area contributed by atoms with Crippen molar-refractivity contribution in [1.29, 1.82) is 0 Å². The highest BCUT2D eigenvalue weighted by molar-refractivity contribution is 7.85. The molecule has 0 aliphatic rings. The van der Waals surface area contributed by atoms with Gasteiger partial charge in [-0.15, -0.1) is 0 Å². The van der Waals surface area contributed by atoms with Crippen molar-refractivity contribution in [1.82, 2.24) is 0 Å². The van der Waals surface area contributed by atoms with Gasteiger partial charge in [0.2, 0.25) is 0 Å². The summed E-state index contributed by atoms with van der Waals surface area (Å²) in [5.74, 6) is -0.255. The average molecular weight is 270 g/mol. The molecular weight excluding hydrogens is 252 g/mol. The lowest BCUT2D eigenvalue weighted by atomic mass is 10.0. The Kier molecular flexibility index (Phi) is 5.04. The molecule has 0 spiro atoms. The predicted molar refractivity (Wildman–Crippen MR) is 70.3 cm³/mol. The molecule has 0 aromatic heterocycles. The summed E-state index contributed by atoms with van der Waals surface area (Å²) in [7, 11) is -4.07. The summed E-state index contributed by atoms with van der Waals surface area (Å²) >= 11 is 0. The maximum Gasteiger partial charge on any atom is 0.265 e. The summed E-state index contributed by atoms with van der Waals surface area (Å²) in [5, 5.41) is 0. The van der Waals surface area contributed by atoms with Crippen LogP contribution in [0, 0.1) is 5.92 Å². The van der Waals surface area contributed by atoms with Crippen LogP contribution in [0.4, 0.5) is 0 Å². The van der Waals surface area contributed by atoms with Crippen LogP contribution >= 0.6 is 0 Å². The third kappa shape index (κ3) is 5.42. The summed E-state index contributed by atoms with van der Waals surface area (Å²) in [4.78, 5) is 11.6. The predicted octanol–water partition coefficient (Wildman–Crippen LogP) is 2.35. The van der Waals surface area contributed by atoms with Crippen LogP contribution in [0.15, 0.2) is 24.3 Å². The van der Waals surface area contributed by atoms with Crippen LogP contribution in [0.2, 0.25) is 0 Å². The third-order valence-electron chi connectivity index (χ3n) is 2.51. The number of rotatable bonds is 6. The lowest BCUT2D eigenvalue weighted by Gasteiger charge is -2.06. The van der Waals surface area contributed by atoms with Gasteiger partial charge in [0.1, 0.15) is 0 Å². The van der Waals surface area contributed by atoms with Crippen molar-refractivity contribution >= 4 is 15.9 Å². The number of hydrogen-bond donors (Lipinski definition) is 1. The van der Waals surface area contributed by atoms with Crippen molar-refractivity contribution in [2.45, 2.75) is 26.7 Å². The molecule has 0 aliphatic carbocycles. The van der Waals surface area contributed by atoms with Crippen LogP contribution in [0.1, 0.15) is 36.2 Å². The highest BCUT2D eigenvalue weighted by Crippen LogP contribution is 2.11. The van der Waals surface area contributed by atoms with Crippen LogP contribution in [0.3, 0.4) is 0 Å². The SMILES string of the molecule is CC(C)Cc1ccc(C(=O)CCS(=O)(=O)O)cc1. The van der Waals surface area contributed by atoms with Gasteiger partial charge in [-0.25, -0.2) is 0 Å². The fourth-order valence-corrected chi connectivity index (χ4v) is 2.11. The van der Waals surface area contributed by atoms with Crippen molar-refractivity contribution in [2.75, 3.05) is 5.75 Å². The standard InChI is InChI=1S/C13H18O4S/c1-10(2)9-11-3-5-12(6-4-11)13(14)7-8-18(15,16)17/h3-6,10H,7-9H2,1-2H3,(H,15,16,17). The molecule has 18 heavy (non-hydrogen) atoms. The van der Waals surface area contributed by atoms with Gasteiger partial charge in [0.25, 0.3) is 10.1 Å². The lowest BCUT2D eigenvalue weighted by molar-refractivity contribution is 0.0988. The zero-order valence-corrected chi connectivity index (χ0v) is 11.4. The first-order chi connectivity index (χ1) is 8.28. The Morgan fingerprint density at radius 1 is 1.22 bits per heavy atom. The molecule has 0 aliphatic heterocycles. The minimum atomic E-state index is -4.07. The van der Waals surface area contributed by atoms with Crippen molar-refractivity contribution in [3.63, 3.8) is 0 Å². The second kappa shape index (κ2) is 6.11. The molecule has 4 nitrogen and oxygen atoms in total. The van der Waals surface area contributed by atoms with E-state index in [1.54, 1.807) is 12.1 Å². The fourth-order valence-electron chi connectivity index (χ4n) is 1.66. The van der Waals surface area contributed by atoms with Gasteiger partial charge in [0, 0.05) is 12.0 Å². The first-order valence-corrected chi connectivity index (χ1v) is 7.46. The van der Waals surface area contributed by atoms with Crippen molar-refractivity contribution in [3.05, 3.63) is 35.4 Å². The number of benzene rings is 1. The highest BCUT2D eigenvalue weighted by Gasteiger charge is 2.11. The topological polar surface area (TPSA) is 71.4 Å². The minimum Gasteiger partial charge on any atom is -0.294 e. The first-order valence-electron chi connectivity index (χ1n) is 5.85. The van der Waals surface area contributed by atoms with Gasteiger partial charge in [-0.1, -0.05) is 38.1 Å². The van der Waals surface area contributed by atoms with Gasteiger partial charge in [0.05, 0.1) is 5.75 Å². The second-order valence-electron chi connectivity index (χ2n) is 4.75. The molecule has 1 aromatic rings. The van der Waals surface area contributed by atoms with Gasteiger partial charge in [0.15, 0.2) is 5.78 Å². The minimum absolute atomic E-state index is 0.192. The Morgan fingerprint density at radius 2 is 1.78 bits per heavy atom. The molecule has 0 saturated carbocycles. The van der Waals surface area contributed by atoms with E-state index in [4.69, 9.17) is 4.55 Å². The maximum atomic E-state index is 11.6. The molecule has 0 heterocycles. The Morgan fingerprint density at radius 3 is 2.22 bits per heavy atom. The van der Waals surface area contributed by atoms with E-state index in [1.165, 1.54) is 0 Å².